The maximum atomic E-state index is 13.6. The number of phenols is 2. The van der Waals surface area contributed by atoms with Crippen molar-refractivity contribution in [2.75, 3.05) is 40.2 Å². The second-order valence-corrected chi connectivity index (χ2v) is 9.58. The summed E-state index contributed by atoms with van der Waals surface area (Å²) in [5, 5.41) is 21.9. The Morgan fingerprint density at radius 2 is 1.80 bits per heavy atom. The molecule has 0 radical (unpaired) electrons. The van der Waals surface area contributed by atoms with Gasteiger partial charge in [0.1, 0.15) is 28.2 Å². The van der Waals surface area contributed by atoms with Crippen molar-refractivity contribution < 1.29 is 38.4 Å². The molecule has 1 atom stereocenters. The summed E-state index contributed by atoms with van der Waals surface area (Å²) in [7, 11) is 1.49. The van der Waals surface area contributed by atoms with Crippen LogP contribution in [0.5, 0.6) is 28.7 Å². The zero-order chi connectivity index (χ0) is 27.8. The molecule has 4 aromatic rings. The summed E-state index contributed by atoms with van der Waals surface area (Å²) >= 11 is 0. The van der Waals surface area contributed by atoms with Gasteiger partial charge in [0.2, 0.25) is 18.4 Å². The van der Waals surface area contributed by atoms with Crippen LogP contribution in [0.1, 0.15) is 23.5 Å². The number of rotatable bonds is 6. The molecule has 6 rings (SSSR count). The van der Waals surface area contributed by atoms with Gasteiger partial charge >= 0.3 is 0 Å². The Labute approximate surface area is 228 Å². The standard InChI is InChI=1S/C30H27NO9/c1-36-24-11-18(12-25-29(24)39-16-38-25)19(13-26(35)31-7-9-37-10-8-31)27-20(32)14-21(33)28-22(34)15-23(40-30(27)28)17-5-3-2-4-6-17/h2-6,11-12,14-15,19,32-33H,7-10,13,16H2,1H3/t19-/m1/s1. The highest BCUT2D eigenvalue weighted by molar-refractivity contribution is 5.91. The van der Waals surface area contributed by atoms with Gasteiger partial charge < -0.3 is 38.5 Å². The monoisotopic (exact) mass is 545 g/mol. The molecule has 40 heavy (non-hydrogen) atoms. The van der Waals surface area contributed by atoms with Crippen molar-refractivity contribution in [3.05, 3.63) is 75.9 Å². The third-order valence-corrected chi connectivity index (χ3v) is 7.23. The van der Waals surface area contributed by atoms with Crippen LogP contribution in [0.2, 0.25) is 0 Å². The summed E-state index contributed by atoms with van der Waals surface area (Å²) in [5.41, 5.74) is 0.893. The Balaban J connectivity index is 1.58. The van der Waals surface area contributed by atoms with Gasteiger partial charge in [0, 0.05) is 48.7 Å². The largest absolute Gasteiger partial charge is 0.507 e. The summed E-state index contributed by atoms with van der Waals surface area (Å²) in [6, 6.07) is 14.9. The lowest BCUT2D eigenvalue weighted by Crippen LogP contribution is -2.41. The molecule has 1 amide bonds. The fraction of sp³-hybridized carbons (Fsp3) is 0.267. The molecular formula is C30H27NO9. The van der Waals surface area contributed by atoms with Gasteiger partial charge in [0.05, 0.1) is 20.3 Å². The minimum Gasteiger partial charge on any atom is -0.507 e. The second kappa shape index (κ2) is 10.5. The smallest absolute Gasteiger partial charge is 0.231 e. The van der Waals surface area contributed by atoms with E-state index in [0.717, 1.165) is 6.07 Å². The topological polar surface area (TPSA) is 128 Å². The molecule has 1 aromatic heterocycles. The van der Waals surface area contributed by atoms with Crippen molar-refractivity contribution in [3.63, 3.8) is 0 Å². The number of methoxy groups -OCH3 is 1. The zero-order valence-electron chi connectivity index (χ0n) is 21.7. The molecule has 3 heterocycles. The highest BCUT2D eigenvalue weighted by Crippen LogP contribution is 2.48. The molecule has 0 aliphatic carbocycles. The highest BCUT2D eigenvalue weighted by atomic mass is 16.7. The molecule has 0 bridgehead atoms. The number of carbonyl (C=O) groups is 1. The molecule has 2 aliphatic rings. The summed E-state index contributed by atoms with van der Waals surface area (Å²) in [6.07, 6.45) is -0.0739. The van der Waals surface area contributed by atoms with E-state index in [-0.39, 0.29) is 47.2 Å². The van der Waals surface area contributed by atoms with E-state index in [4.69, 9.17) is 23.4 Å². The number of hydrogen-bond acceptors (Lipinski definition) is 9. The van der Waals surface area contributed by atoms with E-state index in [1.807, 2.05) is 18.2 Å². The first kappa shape index (κ1) is 25.6. The fourth-order valence-electron chi connectivity index (χ4n) is 5.26. The molecule has 0 saturated carbocycles. The third kappa shape index (κ3) is 4.56. The van der Waals surface area contributed by atoms with Crippen LogP contribution in [-0.2, 0) is 9.53 Å². The van der Waals surface area contributed by atoms with E-state index in [0.29, 0.717) is 54.7 Å². The van der Waals surface area contributed by atoms with Crippen LogP contribution < -0.4 is 19.6 Å². The summed E-state index contributed by atoms with van der Waals surface area (Å²) in [6.45, 7) is 1.74. The third-order valence-electron chi connectivity index (χ3n) is 7.23. The Morgan fingerprint density at radius 1 is 1.02 bits per heavy atom. The van der Waals surface area contributed by atoms with Crippen molar-refractivity contribution in [2.45, 2.75) is 12.3 Å². The van der Waals surface area contributed by atoms with Crippen LogP contribution in [0.15, 0.2) is 63.8 Å². The van der Waals surface area contributed by atoms with E-state index in [9.17, 15) is 19.8 Å². The van der Waals surface area contributed by atoms with E-state index < -0.39 is 17.1 Å². The molecule has 2 N–H and O–H groups in total. The fourth-order valence-corrected chi connectivity index (χ4v) is 5.26. The van der Waals surface area contributed by atoms with Gasteiger partial charge in [0.25, 0.3) is 0 Å². The number of nitrogens with zero attached hydrogens (tertiary/aromatic N) is 1. The number of carbonyl (C=O) groups excluding carboxylic acids is 1. The predicted octanol–water partition coefficient (Wildman–Crippen LogP) is 3.99. The maximum absolute atomic E-state index is 13.6. The Morgan fingerprint density at radius 3 is 2.55 bits per heavy atom. The number of benzene rings is 3. The number of phenolic OH excluding ortho intramolecular Hbond substituents is 2. The van der Waals surface area contributed by atoms with E-state index in [2.05, 4.69) is 0 Å². The van der Waals surface area contributed by atoms with Gasteiger partial charge in [-0.05, 0) is 17.7 Å². The number of fused-ring (bicyclic) bond motifs is 2. The zero-order valence-corrected chi connectivity index (χ0v) is 21.7. The number of hydrogen-bond donors (Lipinski definition) is 2. The van der Waals surface area contributed by atoms with E-state index in [1.54, 1.807) is 29.2 Å². The molecule has 2 aliphatic heterocycles. The lowest BCUT2D eigenvalue weighted by Gasteiger charge is -2.29. The van der Waals surface area contributed by atoms with Crippen LogP contribution in [-0.4, -0.2) is 61.2 Å². The first-order valence-corrected chi connectivity index (χ1v) is 12.9. The maximum Gasteiger partial charge on any atom is 0.231 e. The van der Waals surface area contributed by atoms with Crippen molar-refractivity contribution in [1.82, 2.24) is 4.90 Å². The molecule has 10 heteroatoms. The molecule has 0 spiro atoms. The molecule has 10 nitrogen and oxygen atoms in total. The molecule has 0 unspecified atom stereocenters. The molecule has 206 valence electrons. The Bertz CT molecular complexity index is 1640. The number of amides is 1. The van der Waals surface area contributed by atoms with Crippen molar-refractivity contribution in [3.8, 4) is 40.1 Å². The normalized spacial score (nSPS) is 15.3. The van der Waals surface area contributed by atoms with E-state index in [1.165, 1.54) is 13.2 Å². The number of ether oxygens (including phenoxy) is 4. The van der Waals surface area contributed by atoms with Crippen LogP contribution >= 0.6 is 0 Å². The molecular weight excluding hydrogens is 518 g/mol. The minimum atomic E-state index is -0.809. The summed E-state index contributed by atoms with van der Waals surface area (Å²) in [5.74, 6) is -0.230. The predicted molar refractivity (Wildman–Crippen MR) is 144 cm³/mol. The average molecular weight is 546 g/mol. The van der Waals surface area contributed by atoms with Crippen molar-refractivity contribution in [1.29, 1.82) is 0 Å². The average Bonchev–Trinajstić information content (AvgIpc) is 3.45. The van der Waals surface area contributed by atoms with Crippen LogP contribution in [0.4, 0.5) is 0 Å². The first-order chi connectivity index (χ1) is 19.4. The quantitative estimate of drug-likeness (QED) is 0.370. The Hall–Kier alpha value is -4.70. The molecule has 1 fully saturated rings. The minimum absolute atomic E-state index is 0.00915. The lowest BCUT2D eigenvalue weighted by molar-refractivity contribution is -0.135. The van der Waals surface area contributed by atoms with Gasteiger partial charge in [-0.1, -0.05) is 30.3 Å². The van der Waals surface area contributed by atoms with Crippen LogP contribution in [0, 0.1) is 0 Å². The number of morpholine rings is 1. The van der Waals surface area contributed by atoms with Crippen molar-refractivity contribution in [2.24, 2.45) is 0 Å². The van der Waals surface area contributed by atoms with Gasteiger partial charge in [-0.3, -0.25) is 9.59 Å². The van der Waals surface area contributed by atoms with Crippen molar-refractivity contribution >= 4 is 16.9 Å². The molecule has 1 saturated heterocycles. The first-order valence-electron chi connectivity index (χ1n) is 12.9. The van der Waals surface area contributed by atoms with E-state index >= 15 is 0 Å². The van der Waals surface area contributed by atoms with Crippen LogP contribution in [0.3, 0.4) is 0 Å². The van der Waals surface area contributed by atoms with Gasteiger partial charge in [-0.2, -0.15) is 0 Å². The SMILES string of the molecule is COc1cc([C@@H](CC(=O)N2CCOCC2)c2c(O)cc(O)c3c(=O)cc(-c4ccccc4)oc23)cc2c1OCO2. The van der Waals surface area contributed by atoms with Gasteiger partial charge in [0.15, 0.2) is 16.9 Å². The second-order valence-electron chi connectivity index (χ2n) is 9.58. The lowest BCUT2D eigenvalue weighted by atomic mass is 9.85. The molecule has 3 aromatic carbocycles. The Kier molecular flexibility index (Phi) is 6.69. The van der Waals surface area contributed by atoms with Gasteiger partial charge in [-0.25, -0.2) is 0 Å². The van der Waals surface area contributed by atoms with Crippen LogP contribution in [0.25, 0.3) is 22.3 Å². The van der Waals surface area contributed by atoms with Gasteiger partial charge in [-0.15, -0.1) is 0 Å². The number of aromatic hydroxyl groups is 2. The summed E-state index contributed by atoms with van der Waals surface area (Å²) < 4.78 is 28.4. The highest BCUT2D eigenvalue weighted by Gasteiger charge is 2.32. The summed E-state index contributed by atoms with van der Waals surface area (Å²) in [4.78, 5) is 28.6.